The van der Waals surface area contributed by atoms with Gasteiger partial charge in [-0.2, -0.15) is 0 Å². The number of piperidine rings is 1. The van der Waals surface area contributed by atoms with Gasteiger partial charge in [-0.15, -0.1) is 0 Å². The summed E-state index contributed by atoms with van der Waals surface area (Å²) in [5.74, 6) is 0.473. The molecule has 0 amide bonds. The fraction of sp³-hybridized carbons (Fsp3) is 0.909. The molecule has 27 heavy (non-hydrogen) atoms. The maximum atomic E-state index is 14.2. The van der Waals surface area contributed by atoms with Crippen LogP contribution in [0.25, 0.3) is 0 Å². The molecule has 7 bridgehead atoms. The Morgan fingerprint density at radius 2 is 1.96 bits per heavy atom. The fourth-order valence-corrected chi connectivity index (χ4v) is 10.3. The third-order valence-electron chi connectivity index (χ3n) is 10.9. The van der Waals surface area contributed by atoms with Crippen molar-refractivity contribution in [3.63, 3.8) is 0 Å². The molecule has 5 saturated carbocycles. The molecule has 5 heteroatoms. The second-order valence-electron chi connectivity index (χ2n) is 11.2. The summed E-state index contributed by atoms with van der Waals surface area (Å²) in [6.07, 6.45) is 2.37. The van der Waals surface area contributed by atoms with Crippen LogP contribution in [0.15, 0.2) is 12.2 Å². The molecule has 6 rings (SSSR count). The highest BCUT2D eigenvalue weighted by atomic mass is 16.5. The summed E-state index contributed by atoms with van der Waals surface area (Å²) in [7, 11) is 0. The molecule has 150 valence electrons. The van der Waals surface area contributed by atoms with Crippen LogP contribution in [0, 0.1) is 45.1 Å². The van der Waals surface area contributed by atoms with E-state index < -0.39 is 23.7 Å². The lowest BCUT2D eigenvalue weighted by Crippen LogP contribution is -2.73. The molecular formula is C22H33NO4. The number of fused-ring (bicyclic) bond motifs is 1. The minimum absolute atomic E-state index is 0.0344. The number of rotatable bonds is 1. The lowest BCUT2D eigenvalue weighted by molar-refractivity contribution is -0.927. The van der Waals surface area contributed by atoms with Gasteiger partial charge in [0.05, 0.1) is 36.8 Å². The number of nitrogens with zero attached hydrogens (tertiary/aromatic N) is 1. The Labute approximate surface area is 161 Å². The highest BCUT2D eigenvalue weighted by molar-refractivity contribution is 5.38. The Morgan fingerprint density at radius 1 is 1.22 bits per heavy atom. The summed E-state index contributed by atoms with van der Waals surface area (Å²) in [6, 6.07) is -0.132. The number of hydrogen-bond donors (Lipinski definition) is 3. The number of hydrogen-bond acceptors (Lipinski definition) is 4. The highest BCUT2D eigenvalue weighted by Crippen LogP contribution is 2.84. The minimum atomic E-state index is -0.638. The molecule has 6 aliphatic rings. The van der Waals surface area contributed by atoms with E-state index in [-0.39, 0.29) is 39.3 Å². The molecule has 3 N–H and O–H groups in total. The van der Waals surface area contributed by atoms with Gasteiger partial charge in [-0.25, -0.2) is 0 Å². The second-order valence-corrected chi connectivity index (χ2v) is 11.2. The number of hydroxylamine groups is 3. The summed E-state index contributed by atoms with van der Waals surface area (Å²) < 4.78 is -0.215. The van der Waals surface area contributed by atoms with Gasteiger partial charge in [0, 0.05) is 22.7 Å². The van der Waals surface area contributed by atoms with Crippen molar-refractivity contribution in [2.75, 3.05) is 13.1 Å². The third kappa shape index (κ3) is 1.49. The zero-order valence-electron chi connectivity index (χ0n) is 16.5. The van der Waals surface area contributed by atoms with Gasteiger partial charge in [-0.1, -0.05) is 13.5 Å². The van der Waals surface area contributed by atoms with Crippen LogP contribution in [-0.2, 0) is 0 Å². The molecule has 6 fully saturated rings. The summed E-state index contributed by atoms with van der Waals surface area (Å²) >= 11 is 0. The van der Waals surface area contributed by atoms with Crippen LogP contribution >= 0.6 is 0 Å². The lowest BCUT2D eigenvalue weighted by Gasteiger charge is -2.68. The second kappa shape index (κ2) is 4.65. The first-order valence-corrected chi connectivity index (χ1v) is 11.0. The molecule has 5 nitrogen and oxygen atoms in total. The van der Waals surface area contributed by atoms with Crippen molar-refractivity contribution in [3.8, 4) is 0 Å². The first-order valence-electron chi connectivity index (χ1n) is 11.0. The number of aliphatic hydroxyl groups is 3. The normalized spacial score (nSPS) is 68.3. The molecule has 5 aliphatic carbocycles. The summed E-state index contributed by atoms with van der Waals surface area (Å²) in [4.78, 5) is 0. The zero-order valence-corrected chi connectivity index (χ0v) is 16.5. The van der Waals surface area contributed by atoms with Crippen molar-refractivity contribution < 1.29 is 20.0 Å². The summed E-state index contributed by atoms with van der Waals surface area (Å²) in [5, 5.41) is 48.0. The van der Waals surface area contributed by atoms with Gasteiger partial charge in [0.1, 0.15) is 6.04 Å². The third-order valence-corrected chi connectivity index (χ3v) is 10.9. The minimum Gasteiger partial charge on any atom is -0.633 e. The Hall–Kier alpha value is -0.460. The average molecular weight is 376 g/mol. The molecule has 0 aromatic rings. The zero-order chi connectivity index (χ0) is 19.1. The largest absolute Gasteiger partial charge is 0.633 e. The van der Waals surface area contributed by atoms with Crippen LogP contribution in [0.2, 0.25) is 0 Å². The molecule has 2 spiro atoms. The van der Waals surface area contributed by atoms with Crippen LogP contribution < -0.4 is 0 Å². The van der Waals surface area contributed by atoms with E-state index in [9.17, 15) is 20.5 Å². The van der Waals surface area contributed by atoms with E-state index in [2.05, 4.69) is 13.5 Å². The molecule has 12 atom stereocenters. The molecule has 1 heterocycles. The maximum absolute atomic E-state index is 14.2. The Kier molecular flexibility index (Phi) is 2.99. The standard InChI is InChI=1S/C22H33NO4/c1-4-23(27)10-20(3)6-5-17(25)22-15(20)7-13(18(22)23)21-9-12(11(2)19(21)26)14(24)8-16(21)22/h12-19,24-26H,2,4-10H2,1,3H3/t12-,13+,14-,15-,16-,17+,18-,19-,20-,21-,22-,23?/m1/s1. The quantitative estimate of drug-likeness (QED) is 0.371. The van der Waals surface area contributed by atoms with Crippen molar-refractivity contribution in [1.29, 1.82) is 0 Å². The predicted molar refractivity (Wildman–Crippen MR) is 100 cm³/mol. The molecule has 1 aliphatic heterocycles. The van der Waals surface area contributed by atoms with Crippen LogP contribution in [0.3, 0.4) is 0 Å². The van der Waals surface area contributed by atoms with Crippen molar-refractivity contribution in [3.05, 3.63) is 17.4 Å². The molecule has 1 saturated heterocycles. The summed E-state index contributed by atoms with van der Waals surface area (Å²) in [6.45, 7) is 9.62. The van der Waals surface area contributed by atoms with E-state index in [0.717, 1.165) is 31.3 Å². The topological polar surface area (TPSA) is 83.8 Å². The van der Waals surface area contributed by atoms with Gasteiger partial charge in [-0.3, -0.25) is 0 Å². The number of aliphatic hydroxyl groups excluding tert-OH is 3. The SMILES string of the molecule is C=C1[C@H]2C[C@]3([C@@H]1O)[C@@H](C[C@H]2O)[C@@]12[C@@H]4C[C@H]3[C@H]1[N+]([O-])(CC)C[C@@]4(C)CC[C@@H]2O. The number of likely N-dealkylation sites (tertiary alicyclic amines) is 1. The first kappa shape index (κ1) is 17.4. The molecule has 0 radical (unpaired) electrons. The Morgan fingerprint density at radius 3 is 2.67 bits per heavy atom. The van der Waals surface area contributed by atoms with E-state index in [1.807, 2.05) is 6.92 Å². The van der Waals surface area contributed by atoms with Gasteiger partial charge >= 0.3 is 0 Å². The van der Waals surface area contributed by atoms with Crippen LogP contribution in [-0.4, -0.2) is 57.4 Å². The van der Waals surface area contributed by atoms with E-state index in [4.69, 9.17) is 0 Å². The van der Waals surface area contributed by atoms with Gasteiger partial charge in [0.15, 0.2) is 0 Å². The highest BCUT2D eigenvalue weighted by Gasteiger charge is 2.88. The van der Waals surface area contributed by atoms with E-state index >= 15 is 0 Å². The number of quaternary nitrogens is 1. The lowest BCUT2D eigenvalue weighted by atomic mass is 9.43. The van der Waals surface area contributed by atoms with Gasteiger partial charge < -0.3 is 25.2 Å². The monoisotopic (exact) mass is 375 g/mol. The predicted octanol–water partition coefficient (Wildman–Crippen LogP) is 1.80. The fourth-order valence-electron chi connectivity index (χ4n) is 10.3. The molecule has 0 aromatic carbocycles. The average Bonchev–Trinajstić information content (AvgIpc) is 3.17. The van der Waals surface area contributed by atoms with E-state index in [0.29, 0.717) is 25.4 Å². The Bertz CT molecular complexity index is 742. The van der Waals surface area contributed by atoms with Crippen molar-refractivity contribution in [2.24, 2.45) is 39.9 Å². The maximum Gasteiger partial charge on any atom is 0.101 e. The Balaban J connectivity index is 1.63. The van der Waals surface area contributed by atoms with Crippen molar-refractivity contribution in [1.82, 2.24) is 0 Å². The van der Waals surface area contributed by atoms with Gasteiger partial charge in [-0.05, 0) is 56.4 Å². The van der Waals surface area contributed by atoms with Crippen molar-refractivity contribution >= 4 is 0 Å². The van der Waals surface area contributed by atoms with Gasteiger partial charge in [0.25, 0.3) is 0 Å². The van der Waals surface area contributed by atoms with E-state index in [1.54, 1.807) is 0 Å². The van der Waals surface area contributed by atoms with Gasteiger partial charge in [0.2, 0.25) is 0 Å². The first-order chi connectivity index (χ1) is 12.7. The van der Waals surface area contributed by atoms with Crippen LogP contribution in [0.1, 0.15) is 46.0 Å². The van der Waals surface area contributed by atoms with Crippen LogP contribution in [0.4, 0.5) is 0 Å². The summed E-state index contributed by atoms with van der Waals surface area (Å²) in [5.41, 5.74) is -0.0521. The molecular weight excluding hydrogens is 342 g/mol. The smallest absolute Gasteiger partial charge is 0.101 e. The van der Waals surface area contributed by atoms with Crippen LogP contribution in [0.5, 0.6) is 0 Å². The van der Waals surface area contributed by atoms with E-state index in [1.165, 1.54) is 0 Å². The van der Waals surface area contributed by atoms with Crippen molar-refractivity contribution in [2.45, 2.75) is 70.3 Å². The molecule has 1 unspecified atom stereocenters. The molecule has 0 aromatic heterocycles.